The predicted octanol–water partition coefficient (Wildman–Crippen LogP) is 4.72. The normalized spacial score (nSPS) is 34.8. The lowest BCUT2D eigenvalue weighted by Crippen LogP contribution is -2.50. The smallest absolute Gasteiger partial charge is 0.410 e. The van der Waals surface area contributed by atoms with Gasteiger partial charge in [-0.05, 0) is 58.6 Å². The zero-order valence-corrected chi connectivity index (χ0v) is 31.3. The van der Waals surface area contributed by atoms with Gasteiger partial charge in [0, 0.05) is 73.9 Å². The first kappa shape index (κ1) is 39.9. The molecule has 0 aromatic heterocycles. The molecule has 0 spiro atoms. The molecule has 12 heteroatoms. The number of piperazine rings is 1. The van der Waals surface area contributed by atoms with Gasteiger partial charge in [0.25, 0.3) is 0 Å². The molecule has 1 unspecified atom stereocenters. The number of allylic oxidation sites excluding steroid dienone is 2. The maximum atomic E-state index is 13.3. The number of nitrogens with zero attached hydrogens (tertiary/aromatic N) is 2. The number of hydrogen-bond donors (Lipinski definition) is 3. The van der Waals surface area contributed by atoms with Gasteiger partial charge in [0.2, 0.25) is 0 Å². The summed E-state index contributed by atoms with van der Waals surface area (Å²) >= 11 is 2.25. The summed E-state index contributed by atoms with van der Waals surface area (Å²) in [5.41, 5.74) is -1.33. The third-order valence-electron chi connectivity index (χ3n) is 9.53. The van der Waals surface area contributed by atoms with Gasteiger partial charge in [-0.1, -0.05) is 45.1 Å². The number of carbonyl (C=O) groups excluding carboxylic acids is 2. The van der Waals surface area contributed by atoms with Gasteiger partial charge >= 0.3 is 12.1 Å². The number of esters is 1. The second-order valence-electron chi connectivity index (χ2n) is 13.8. The zero-order chi connectivity index (χ0) is 34.9. The standard InChI is InChI=1S/C35H57IN2O9/c1-8-27(40)25(5)32-28(45-32)22-34(6,43)15-10-11-23(3)31-24(4)12-13-29(46-33(42)37-17-19-38(36)20-18-37)35(7,44-9-2)16-14-26(39)21-30(41)47-31/h10-13,15,24-29,31-32,39-40,43H,8-9,14,16-22H2,1-7H3/b13-12+,15-10+,23-11+/t24-,25+,26+,27-,28+,29-,31+,32+,34?,35+/m0/s1. The van der Waals surface area contributed by atoms with Crippen LogP contribution < -0.4 is 0 Å². The quantitative estimate of drug-likeness (QED) is 0.0675. The highest BCUT2D eigenvalue weighted by Gasteiger charge is 2.47. The number of carbonyl (C=O) groups is 2. The highest BCUT2D eigenvalue weighted by atomic mass is 127. The van der Waals surface area contributed by atoms with E-state index in [9.17, 15) is 24.9 Å². The number of epoxide rings is 1. The number of ether oxygens (including phenoxy) is 4. The van der Waals surface area contributed by atoms with E-state index < -0.39 is 47.7 Å². The molecule has 268 valence electrons. The molecule has 0 radical (unpaired) electrons. The maximum absolute atomic E-state index is 13.3. The molecular weight excluding hydrogens is 719 g/mol. The molecule has 0 saturated carbocycles. The Morgan fingerprint density at radius 2 is 1.94 bits per heavy atom. The first-order valence-electron chi connectivity index (χ1n) is 17.1. The van der Waals surface area contributed by atoms with Crippen LogP contribution in [0.4, 0.5) is 4.79 Å². The Morgan fingerprint density at radius 3 is 2.57 bits per heavy atom. The number of halogens is 1. The molecule has 3 heterocycles. The summed E-state index contributed by atoms with van der Waals surface area (Å²) in [6.45, 7) is 16.2. The second kappa shape index (κ2) is 17.9. The van der Waals surface area contributed by atoms with Gasteiger partial charge in [-0.25, -0.2) is 7.91 Å². The van der Waals surface area contributed by atoms with Crippen molar-refractivity contribution in [2.24, 2.45) is 11.8 Å². The molecule has 0 aromatic carbocycles. The number of aliphatic hydroxyl groups excluding tert-OH is 2. The van der Waals surface area contributed by atoms with Gasteiger partial charge in [0.15, 0.2) is 6.10 Å². The highest BCUT2D eigenvalue weighted by molar-refractivity contribution is 14.1. The van der Waals surface area contributed by atoms with E-state index in [-0.39, 0.29) is 36.9 Å². The van der Waals surface area contributed by atoms with E-state index in [0.717, 1.165) is 18.7 Å². The fourth-order valence-electron chi connectivity index (χ4n) is 6.32. The monoisotopic (exact) mass is 776 g/mol. The van der Waals surface area contributed by atoms with E-state index in [4.69, 9.17) is 18.9 Å². The SMILES string of the molecule is CCO[C@]1(C)CC[C@@H](O)CC(=O)O[C@H](/C(C)=C/C=C/C(C)(O)C[C@H]2O[C@@H]2[C@H](C)[C@@H](O)CC)[C@@H](C)/C=C/[C@@H]1OC(=O)N1CCN(I)CC1. The van der Waals surface area contributed by atoms with Crippen LogP contribution in [0.5, 0.6) is 0 Å². The molecule has 47 heavy (non-hydrogen) atoms. The molecule has 3 N–H and O–H groups in total. The first-order chi connectivity index (χ1) is 22.1. The fourth-order valence-corrected chi connectivity index (χ4v) is 6.75. The minimum Gasteiger partial charge on any atom is -0.457 e. The number of hydrogen-bond acceptors (Lipinski definition) is 10. The molecule has 1 amide bonds. The third kappa shape index (κ3) is 12.1. The van der Waals surface area contributed by atoms with Crippen molar-refractivity contribution in [2.45, 2.75) is 128 Å². The molecule has 0 bridgehead atoms. The van der Waals surface area contributed by atoms with Crippen molar-refractivity contribution in [1.82, 2.24) is 8.01 Å². The Morgan fingerprint density at radius 1 is 1.26 bits per heavy atom. The lowest BCUT2D eigenvalue weighted by Gasteiger charge is -2.38. The van der Waals surface area contributed by atoms with Gasteiger partial charge < -0.3 is 39.2 Å². The lowest BCUT2D eigenvalue weighted by atomic mass is 9.88. The van der Waals surface area contributed by atoms with Crippen molar-refractivity contribution in [2.75, 3.05) is 32.8 Å². The minimum atomic E-state index is -1.14. The molecule has 3 rings (SSSR count). The van der Waals surface area contributed by atoms with E-state index in [1.807, 2.05) is 59.8 Å². The summed E-state index contributed by atoms with van der Waals surface area (Å²) in [6, 6.07) is 0. The first-order valence-corrected chi connectivity index (χ1v) is 18.0. The van der Waals surface area contributed by atoms with Gasteiger partial charge in [-0.2, -0.15) is 0 Å². The minimum absolute atomic E-state index is 0.00299. The van der Waals surface area contributed by atoms with E-state index >= 15 is 0 Å². The average Bonchev–Trinajstić information content (AvgIpc) is 3.77. The van der Waals surface area contributed by atoms with Crippen molar-refractivity contribution < 1.29 is 43.9 Å². The van der Waals surface area contributed by atoms with Crippen molar-refractivity contribution in [1.29, 1.82) is 0 Å². The van der Waals surface area contributed by atoms with Crippen LogP contribution in [0.15, 0.2) is 36.0 Å². The summed E-state index contributed by atoms with van der Waals surface area (Å²) in [5.74, 6) is -0.831. The molecule has 3 aliphatic rings. The second-order valence-corrected chi connectivity index (χ2v) is 15.2. The van der Waals surface area contributed by atoms with Crippen LogP contribution in [0.3, 0.4) is 0 Å². The van der Waals surface area contributed by atoms with Crippen molar-refractivity contribution in [3.05, 3.63) is 36.0 Å². The molecule has 0 aliphatic carbocycles. The number of amides is 1. The molecule has 11 nitrogen and oxygen atoms in total. The van der Waals surface area contributed by atoms with Crippen molar-refractivity contribution in [3.8, 4) is 0 Å². The molecule has 3 aliphatic heterocycles. The number of cyclic esters (lactones) is 1. The van der Waals surface area contributed by atoms with Crippen LogP contribution in [0.2, 0.25) is 0 Å². The highest BCUT2D eigenvalue weighted by Crippen LogP contribution is 2.37. The fraction of sp³-hybridized carbons (Fsp3) is 0.771. The summed E-state index contributed by atoms with van der Waals surface area (Å²) in [6.07, 6.45) is 7.04. The maximum Gasteiger partial charge on any atom is 0.410 e. The van der Waals surface area contributed by atoms with Crippen LogP contribution in [-0.4, -0.2) is 116 Å². The summed E-state index contributed by atoms with van der Waals surface area (Å²) in [5, 5.41) is 32.0. The molecule has 2 fully saturated rings. The molecule has 2 saturated heterocycles. The van der Waals surface area contributed by atoms with Crippen molar-refractivity contribution >= 4 is 34.9 Å². The van der Waals surface area contributed by atoms with Crippen LogP contribution >= 0.6 is 22.9 Å². The summed E-state index contributed by atoms with van der Waals surface area (Å²) < 4.78 is 26.1. The van der Waals surface area contributed by atoms with Gasteiger partial charge in [-0.3, -0.25) is 4.79 Å². The number of rotatable bonds is 11. The zero-order valence-electron chi connectivity index (χ0n) is 29.1. The molecular formula is C35H57IN2O9. The third-order valence-corrected chi connectivity index (χ3v) is 10.5. The topological polar surface area (TPSA) is 142 Å². The van der Waals surface area contributed by atoms with E-state index in [2.05, 4.69) is 26.0 Å². The summed E-state index contributed by atoms with van der Waals surface area (Å²) in [7, 11) is 0. The molecule has 10 atom stereocenters. The Hall–Kier alpha value is -1.55. The van der Waals surface area contributed by atoms with Crippen LogP contribution in [0, 0.1) is 11.8 Å². The Balaban J connectivity index is 1.79. The van der Waals surface area contributed by atoms with Crippen LogP contribution in [-0.2, 0) is 23.7 Å². The van der Waals surface area contributed by atoms with Gasteiger partial charge in [0.05, 0.1) is 36.4 Å². The van der Waals surface area contributed by atoms with Gasteiger partial charge in [-0.15, -0.1) is 0 Å². The Bertz CT molecular complexity index is 1120. The van der Waals surface area contributed by atoms with Crippen LogP contribution in [0.25, 0.3) is 0 Å². The largest absolute Gasteiger partial charge is 0.457 e. The number of aliphatic hydroxyl groups is 3. The average molecular weight is 777 g/mol. The van der Waals surface area contributed by atoms with Crippen molar-refractivity contribution in [3.63, 3.8) is 0 Å². The van der Waals surface area contributed by atoms with Crippen LogP contribution in [0.1, 0.15) is 80.6 Å². The Kier molecular flexibility index (Phi) is 15.2. The Labute approximate surface area is 294 Å². The molecule has 0 aromatic rings. The lowest BCUT2D eigenvalue weighted by molar-refractivity contribution is -0.152. The van der Waals surface area contributed by atoms with E-state index in [0.29, 0.717) is 39.0 Å². The van der Waals surface area contributed by atoms with Gasteiger partial charge in [0.1, 0.15) is 11.7 Å². The van der Waals surface area contributed by atoms with E-state index in [1.54, 1.807) is 24.0 Å². The summed E-state index contributed by atoms with van der Waals surface area (Å²) in [4.78, 5) is 27.9. The van der Waals surface area contributed by atoms with E-state index in [1.165, 1.54) is 0 Å². The predicted molar refractivity (Wildman–Crippen MR) is 188 cm³/mol.